The minimum Gasteiger partial charge on any atom is -0.336 e. The van der Waals surface area contributed by atoms with Crippen molar-refractivity contribution in [3.05, 3.63) is 51.9 Å². The maximum atomic E-state index is 12.7. The van der Waals surface area contributed by atoms with E-state index in [9.17, 15) is 14.4 Å². The van der Waals surface area contributed by atoms with Crippen LogP contribution >= 0.6 is 0 Å². The number of H-pyrrole nitrogens is 1. The van der Waals surface area contributed by atoms with E-state index in [1.165, 1.54) is 15.6 Å². The summed E-state index contributed by atoms with van der Waals surface area (Å²) in [5.41, 5.74) is 1.67. The number of hydrogen-bond acceptors (Lipinski definition) is 3. The minimum absolute atomic E-state index is 0.0117. The summed E-state index contributed by atoms with van der Waals surface area (Å²) in [6, 6.07) is 9.10. The number of aryl methyl sites for hydroxylation is 1. The number of piperazine rings is 1. The van der Waals surface area contributed by atoms with Gasteiger partial charge in [-0.15, -0.1) is 0 Å². The molecule has 130 valence electrons. The Labute approximate surface area is 144 Å². The van der Waals surface area contributed by atoms with Crippen molar-refractivity contribution in [1.82, 2.24) is 19.6 Å². The summed E-state index contributed by atoms with van der Waals surface area (Å²) in [5.74, 6) is -0.325. The van der Waals surface area contributed by atoms with E-state index in [0.717, 1.165) is 18.4 Å². The molecule has 1 aliphatic carbocycles. The maximum absolute atomic E-state index is 12.7. The fourth-order valence-electron chi connectivity index (χ4n) is 3.19. The molecule has 0 unspecified atom stereocenters. The lowest BCUT2D eigenvalue weighted by Crippen LogP contribution is -2.53. The summed E-state index contributed by atoms with van der Waals surface area (Å²) in [6.45, 7) is 3.11. The van der Waals surface area contributed by atoms with Gasteiger partial charge in [0.25, 0.3) is 11.5 Å². The van der Waals surface area contributed by atoms with Crippen molar-refractivity contribution >= 4 is 11.8 Å². The van der Waals surface area contributed by atoms with Gasteiger partial charge in [0.1, 0.15) is 12.2 Å². The first-order valence-corrected chi connectivity index (χ1v) is 8.51. The van der Waals surface area contributed by atoms with Gasteiger partial charge in [0.2, 0.25) is 5.91 Å². The second kappa shape index (κ2) is 5.91. The van der Waals surface area contributed by atoms with Gasteiger partial charge in [0.15, 0.2) is 0 Å². The Bertz CT molecular complexity index is 876. The summed E-state index contributed by atoms with van der Waals surface area (Å²) in [5, 5.41) is 2.86. The average Bonchev–Trinajstić information content (AvgIpc) is 3.37. The first-order valence-electron chi connectivity index (χ1n) is 8.51. The van der Waals surface area contributed by atoms with Crippen LogP contribution in [0.15, 0.2) is 35.1 Å². The second-order valence-electron chi connectivity index (χ2n) is 6.72. The first kappa shape index (κ1) is 15.7. The molecule has 1 aromatic heterocycles. The first-order chi connectivity index (χ1) is 12.0. The largest absolute Gasteiger partial charge is 0.336 e. The molecule has 7 nitrogen and oxygen atoms in total. The van der Waals surface area contributed by atoms with E-state index in [1.54, 1.807) is 0 Å². The van der Waals surface area contributed by atoms with Crippen LogP contribution in [0.3, 0.4) is 0 Å². The van der Waals surface area contributed by atoms with Gasteiger partial charge in [-0.2, -0.15) is 0 Å². The molecule has 1 N–H and O–H groups in total. The Hall–Kier alpha value is -2.83. The van der Waals surface area contributed by atoms with E-state index < -0.39 is 0 Å². The third-order valence-electron chi connectivity index (χ3n) is 4.78. The number of nitrogens with one attached hydrogen (secondary N) is 1. The highest BCUT2D eigenvalue weighted by atomic mass is 16.2. The van der Waals surface area contributed by atoms with Crippen LogP contribution < -0.4 is 5.56 Å². The molecule has 1 aliphatic heterocycles. The third-order valence-corrected chi connectivity index (χ3v) is 4.78. The summed E-state index contributed by atoms with van der Waals surface area (Å²) < 4.78 is 1.34. The van der Waals surface area contributed by atoms with Crippen molar-refractivity contribution in [1.29, 1.82) is 0 Å². The number of aromatic amines is 1. The topological polar surface area (TPSA) is 78.4 Å². The summed E-state index contributed by atoms with van der Waals surface area (Å²) in [4.78, 5) is 40.4. The predicted octanol–water partition coefficient (Wildman–Crippen LogP) is 0.921. The van der Waals surface area contributed by atoms with Crippen molar-refractivity contribution < 1.29 is 9.59 Å². The van der Waals surface area contributed by atoms with Crippen LogP contribution in [0.4, 0.5) is 0 Å². The Morgan fingerprint density at radius 2 is 1.84 bits per heavy atom. The van der Waals surface area contributed by atoms with Crippen molar-refractivity contribution in [2.45, 2.75) is 25.8 Å². The zero-order valence-corrected chi connectivity index (χ0v) is 14.1. The molecule has 0 bridgehead atoms. The smallest absolute Gasteiger partial charge is 0.272 e. The molecule has 0 spiro atoms. The van der Waals surface area contributed by atoms with Gasteiger partial charge in [-0.25, -0.2) is 4.68 Å². The molecular weight excluding hydrogens is 320 g/mol. The number of amides is 2. The quantitative estimate of drug-likeness (QED) is 0.902. The minimum atomic E-state index is -0.313. The lowest BCUT2D eigenvalue weighted by atomic mass is 10.2. The molecule has 2 heterocycles. The van der Waals surface area contributed by atoms with Crippen molar-refractivity contribution in [2.24, 2.45) is 0 Å². The Balaban J connectivity index is 1.53. The normalized spacial score (nSPS) is 17.9. The highest BCUT2D eigenvalue weighted by Crippen LogP contribution is 2.28. The lowest BCUT2D eigenvalue weighted by Gasteiger charge is -2.34. The Morgan fingerprint density at radius 3 is 2.48 bits per heavy atom. The van der Waals surface area contributed by atoms with Gasteiger partial charge in [-0.05, 0) is 31.9 Å². The number of carbonyl (C=O) groups is 2. The molecule has 0 atom stereocenters. The summed E-state index contributed by atoms with van der Waals surface area (Å²) >= 11 is 0. The summed E-state index contributed by atoms with van der Waals surface area (Å²) in [7, 11) is 0. The van der Waals surface area contributed by atoms with Crippen molar-refractivity contribution in [2.75, 3.05) is 19.6 Å². The van der Waals surface area contributed by atoms with E-state index in [-0.39, 0.29) is 29.6 Å². The summed E-state index contributed by atoms with van der Waals surface area (Å²) in [6.07, 6.45) is 2.12. The Kier molecular flexibility index (Phi) is 3.71. The molecule has 7 heteroatoms. The average molecular weight is 340 g/mol. The Morgan fingerprint density at radius 1 is 1.12 bits per heavy atom. The van der Waals surface area contributed by atoms with Gasteiger partial charge < -0.3 is 9.80 Å². The molecule has 1 aromatic carbocycles. The standard InChI is InChI=1S/C18H20N4O3/c1-12-2-4-14(5-3-12)22-16(23)10-15(19-22)18(25)20-8-9-21(13-6-7-13)17(24)11-20/h2-5,10,13,19H,6-9,11H2,1H3. The van der Waals surface area contributed by atoms with Crippen LogP contribution in [0.25, 0.3) is 5.69 Å². The lowest BCUT2D eigenvalue weighted by molar-refractivity contribution is -0.135. The van der Waals surface area contributed by atoms with Crippen LogP contribution in [0, 0.1) is 6.92 Å². The fraction of sp³-hybridized carbons (Fsp3) is 0.389. The number of benzene rings is 1. The molecule has 2 amide bonds. The van der Waals surface area contributed by atoms with Crippen LogP contribution in [0.2, 0.25) is 0 Å². The molecular formula is C18H20N4O3. The highest BCUT2D eigenvalue weighted by Gasteiger charge is 2.37. The molecule has 2 fully saturated rings. The van der Waals surface area contributed by atoms with Crippen LogP contribution in [0.1, 0.15) is 28.9 Å². The molecule has 1 saturated carbocycles. The van der Waals surface area contributed by atoms with Crippen LogP contribution in [0.5, 0.6) is 0 Å². The van der Waals surface area contributed by atoms with E-state index >= 15 is 0 Å². The van der Waals surface area contributed by atoms with Crippen LogP contribution in [-0.2, 0) is 4.79 Å². The number of aromatic nitrogens is 2. The van der Waals surface area contributed by atoms with Crippen molar-refractivity contribution in [3.8, 4) is 5.69 Å². The van der Waals surface area contributed by atoms with Gasteiger partial charge in [-0.3, -0.25) is 19.5 Å². The van der Waals surface area contributed by atoms with E-state index in [1.807, 2.05) is 36.1 Å². The van der Waals surface area contributed by atoms with Gasteiger partial charge in [0.05, 0.1) is 5.69 Å². The third kappa shape index (κ3) is 2.97. The fourth-order valence-corrected chi connectivity index (χ4v) is 3.19. The molecule has 25 heavy (non-hydrogen) atoms. The zero-order valence-electron chi connectivity index (χ0n) is 14.1. The maximum Gasteiger partial charge on any atom is 0.272 e. The molecule has 2 aromatic rings. The second-order valence-corrected chi connectivity index (χ2v) is 6.72. The highest BCUT2D eigenvalue weighted by molar-refractivity contribution is 5.95. The van der Waals surface area contributed by atoms with E-state index in [4.69, 9.17) is 0 Å². The molecule has 1 saturated heterocycles. The van der Waals surface area contributed by atoms with Gasteiger partial charge in [0, 0.05) is 25.2 Å². The number of carbonyl (C=O) groups excluding carboxylic acids is 2. The zero-order chi connectivity index (χ0) is 17.6. The van der Waals surface area contributed by atoms with Gasteiger partial charge in [-0.1, -0.05) is 17.7 Å². The monoisotopic (exact) mass is 340 g/mol. The number of rotatable bonds is 3. The molecule has 0 radical (unpaired) electrons. The molecule has 4 rings (SSSR count). The SMILES string of the molecule is Cc1ccc(-n2[nH]c(C(=O)N3CCN(C4CC4)C(=O)C3)cc2=O)cc1. The predicted molar refractivity (Wildman–Crippen MR) is 91.8 cm³/mol. The van der Waals surface area contributed by atoms with Crippen LogP contribution in [-0.4, -0.2) is 57.1 Å². The van der Waals surface area contributed by atoms with E-state index in [2.05, 4.69) is 5.10 Å². The van der Waals surface area contributed by atoms with E-state index in [0.29, 0.717) is 24.8 Å². The van der Waals surface area contributed by atoms with Gasteiger partial charge >= 0.3 is 0 Å². The molecule has 2 aliphatic rings. The number of hydrogen-bond donors (Lipinski definition) is 1. The number of nitrogens with zero attached hydrogens (tertiary/aromatic N) is 3. The van der Waals surface area contributed by atoms with Crippen molar-refractivity contribution in [3.63, 3.8) is 0 Å².